The van der Waals surface area contributed by atoms with Gasteiger partial charge in [-0.2, -0.15) is 0 Å². The Bertz CT molecular complexity index is 718. The van der Waals surface area contributed by atoms with Crippen LogP contribution in [-0.2, 0) is 19.1 Å². The topological polar surface area (TPSA) is 72.8 Å². The zero-order valence-corrected chi connectivity index (χ0v) is 20.0. The number of ether oxygens (including phenoxy) is 2. The molecule has 1 unspecified atom stereocenters. The molecule has 0 aromatic rings. The average molecular weight is 445 g/mol. The minimum absolute atomic E-state index is 0.00731. The van der Waals surface area contributed by atoms with Crippen LogP contribution in [0.1, 0.15) is 85.0 Å². The van der Waals surface area contributed by atoms with E-state index in [1.54, 1.807) is 0 Å². The Balaban J connectivity index is 2.01. The first-order valence-electron chi connectivity index (χ1n) is 12.1. The van der Waals surface area contributed by atoms with Crippen molar-refractivity contribution in [3.05, 3.63) is 24.3 Å². The molecule has 1 aliphatic heterocycles. The summed E-state index contributed by atoms with van der Waals surface area (Å²) in [6, 6.07) is 0. The van der Waals surface area contributed by atoms with E-state index in [1.807, 2.05) is 19.1 Å². The highest BCUT2D eigenvalue weighted by molar-refractivity contribution is 5.83. The molecule has 1 saturated carbocycles. The van der Waals surface area contributed by atoms with E-state index in [0.29, 0.717) is 25.0 Å². The number of carbonyl (C=O) groups excluding carboxylic acids is 1. The smallest absolute Gasteiger partial charge is 0.303 e. The van der Waals surface area contributed by atoms with Gasteiger partial charge in [-0.05, 0) is 57.8 Å². The molecule has 32 heavy (non-hydrogen) atoms. The fourth-order valence-corrected chi connectivity index (χ4v) is 4.34. The Kier molecular flexibility index (Phi) is 11.2. The number of ketones is 1. The van der Waals surface area contributed by atoms with Crippen molar-refractivity contribution >= 4 is 11.8 Å². The van der Waals surface area contributed by atoms with Crippen molar-refractivity contribution in [2.45, 2.75) is 97.4 Å². The van der Waals surface area contributed by atoms with Crippen LogP contribution in [0.5, 0.6) is 0 Å². The van der Waals surface area contributed by atoms with Crippen molar-refractivity contribution in [3.63, 3.8) is 0 Å². The zero-order valence-electron chi connectivity index (χ0n) is 20.0. The lowest BCUT2D eigenvalue weighted by Gasteiger charge is -2.35. The Morgan fingerprint density at radius 2 is 2.12 bits per heavy atom. The fraction of sp³-hybridized carbons (Fsp3) is 0.704. The Morgan fingerprint density at radius 3 is 2.81 bits per heavy atom. The highest BCUT2D eigenvalue weighted by atomic mass is 16.7. The van der Waals surface area contributed by atoms with Crippen LogP contribution < -0.4 is 0 Å². The second kappa shape index (κ2) is 13.6. The van der Waals surface area contributed by atoms with Gasteiger partial charge in [0.1, 0.15) is 5.78 Å². The normalized spacial score (nSPS) is 25.2. The van der Waals surface area contributed by atoms with E-state index in [4.69, 9.17) is 14.6 Å². The molecule has 1 heterocycles. The van der Waals surface area contributed by atoms with Crippen molar-refractivity contribution in [3.8, 4) is 11.8 Å². The number of rotatable bonds is 12. The lowest BCUT2D eigenvalue weighted by Crippen LogP contribution is -2.36. The quantitative estimate of drug-likeness (QED) is 0.238. The molecule has 0 aromatic carbocycles. The summed E-state index contributed by atoms with van der Waals surface area (Å²) in [7, 11) is 0. The summed E-state index contributed by atoms with van der Waals surface area (Å²) in [5.41, 5.74) is -0.164. The minimum atomic E-state index is -0.766. The molecular weight excluding hydrogens is 404 g/mol. The zero-order chi connectivity index (χ0) is 23.4. The van der Waals surface area contributed by atoms with Gasteiger partial charge in [0.15, 0.2) is 6.29 Å². The molecule has 1 N–H and O–H groups in total. The van der Waals surface area contributed by atoms with Crippen molar-refractivity contribution < 1.29 is 24.2 Å². The van der Waals surface area contributed by atoms with Crippen molar-refractivity contribution in [1.82, 2.24) is 0 Å². The first-order chi connectivity index (χ1) is 15.3. The summed E-state index contributed by atoms with van der Waals surface area (Å²) >= 11 is 0. The number of carboxylic acids is 1. The van der Waals surface area contributed by atoms with Crippen LogP contribution in [0.4, 0.5) is 0 Å². The number of unbranched alkanes of at least 4 members (excludes halogenated alkanes) is 1. The van der Waals surface area contributed by atoms with Gasteiger partial charge in [-0.3, -0.25) is 9.59 Å². The van der Waals surface area contributed by atoms with Gasteiger partial charge in [0.2, 0.25) is 0 Å². The van der Waals surface area contributed by atoms with E-state index in [9.17, 15) is 9.59 Å². The summed E-state index contributed by atoms with van der Waals surface area (Å²) in [5, 5.41) is 8.72. The molecule has 5 nitrogen and oxygen atoms in total. The van der Waals surface area contributed by atoms with Gasteiger partial charge in [-0.15, -0.1) is 11.8 Å². The van der Waals surface area contributed by atoms with Crippen LogP contribution in [0.3, 0.4) is 0 Å². The Hall–Kier alpha value is -1.90. The number of hydrogen-bond donors (Lipinski definition) is 1. The SMILES string of the molecule is CC#CCC(C)(C)[C@@H](/C=C/[C@H]1CCC(=O)[C@@H]1C/C=C\CCCC(=O)O)OC1CCCCO1. The molecule has 0 radical (unpaired) electrons. The van der Waals surface area contributed by atoms with E-state index in [2.05, 4.69) is 37.8 Å². The van der Waals surface area contributed by atoms with Gasteiger partial charge in [0.25, 0.3) is 0 Å². The van der Waals surface area contributed by atoms with E-state index < -0.39 is 5.97 Å². The highest BCUT2D eigenvalue weighted by Gasteiger charge is 2.34. The Labute approximate surface area is 193 Å². The predicted octanol–water partition coefficient (Wildman–Crippen LogP) is 5.69. The fourth-order valence-electron chi connectivity index (χ4n) is 4.34. The molecule has 5 heteroatoms. The van der Waals surface area contributed by atoms with E-state index in [1.165, 1.54) is 0 Å². The summed E-state index contributed by atoms with van der Waals surface area (Å²) in [5.74, 6) is 5.94. The summed E-state index contributed by atoms with van der Waals surface area (Å²) in [6.07, 6.45) is 15.7. The molecule has 0 amide bonds. The van der Waals surface area contributed by atoms with Crippen molar-refractivity contribution in [2.75, 3.05) is 6.61 Å². The van der Waals surface area contributed by atoms with E-state index in [0.717, 1.165) is 45.1 Å². The number of hydrogen-bond acceptors (Lipinski definition) is 4. The predicted molar refractivity (Wildman–Crippen MR) is 126 cm³/mol. The average Bonchev–Trinajstić information content (AvgIpc) is 3.12. The molecule has 0 aromatic heterocycles. The lowest BCUT2D eigenvalue weighted by molar-refractivity contribution is -0.196. The molecule has 4 atom stereocenters. The molecular formula is C27H40O5. The molecule has 1 saturated heterocycles. The first kappa shape index (κ1) is 26.4. The third-order valence-corrected chi connectivity index (χ3v) is 6.43. The molecule has 2 aliphatic rings. The summed E-state index contributed by atoms with van der Waals surface area (Å²) in [4.78, 5) is 23.1. The maximum atomic E-state index is 12.5. The third kappa shape index (κ3) is 8.92. The molecule has 0 spiro atoms. The van der Waals surface area contributed by atoms with E-state index in [-0.39, 0.29) is 36.1 Å². The standard InChI is InChI=1S/C27H40O5/c1-4-5-19-27(2,3)24(32-26-14-10-11-20-31-26)18-16-21-15-17-23(28)22(21)12-8-6-7-9-13-25(29)30/h6,8,16,18,21-22,24,26H,7,9-15,17,19-20H2,1-3H3,(H,29,30)/b8-6-,18-16+/t21-,22-,24-,26?/m1/s1. The van der Waals surface area contributed by atoms with Crippen LogP contribution in [0, 0.1) is 29.1 Å². The molecule has 2 fully saturated rings. The maximum absolute atomic E-state index is 12.5. The van der Waals surface area contributed by atoms with Crippen LogP contribution in [0.2, 0.25) is 0 Å². The molecule has 1 aliphatic carbocycles. The van der Waals surface area contributed by atoms with Crippen LogP contribution in [-0.4, -0.2) is 35.9 Å². The number of carbonyl (C=O) groups is 2. The Morgan fingerprint density at radius 1 is 1.31 bits per heavy atom. The molecule has 0 bridgehead atoms. The minimum Gasteiger partial charge on any atom is -0.481 e. The van der Waals surface area contributed by atoms with Gasteiger partial charge >= 0.3 is 5.97 Å². The number of aliphatic carboxylic acids is 1. The lowest BCUT2D eigenvalue weighted by atomic mass is 9.81. The number of allylic oxidation sites excluding steroid dienone is 3. The highest BCUT2D eigenvalue weighted by Crippen LogP contribution is 2.35. The van der Waals surface area contributed by atoms with Gasteiger partial charge in [0.05, 0.1) is 6.10 Å². The second-order valence-corrected chi connectivity index (χ2v) is 9.60. The number of carboxylic acid groups (broad SMARTS) is 1. The summed E-state index contributed by atoms with van der Waals surface area (Å²) in [6.45, 7) is 6.95. The van der Waals surface area contributed by atoms with Crippen molar-refractivity contribution in [2.24, 2.45) is 17.3 Å². The number of Topliss-reactive ketones (excluding diaryl/α,β-unsaturated/α-hetero) is 1. The first-order valence-corrected chi connectivity index (χ1v) is 12.1. The maximum Gasteiger partial charge on any atom is 0.303 e. The van der Waals surface area contributed by atoms with E-state index >= 15 is 0 Å². The molecule has 178 valence electrons. The molecule has 2 rings (SSSR count). The van der Waals surface area contributed by atoms with Crippen molar-refractivity contribution in [1.29, 1.82) is 0 Å². The van der Waals surface area contributed by atoms with Gasteiger partial charge < -0.3 is 14.6 Å². The summed E-state index contributed by atoms with van der Waals surface area (Å²) < 4.78 is 12.2. The largest absolute Gasteiger partial charge is 0.481 e. The van der Waals surface area contributed by atoms with Gasteiger partial charge in [-0.25, -0.2) is 0 Å². The van der Waals surface area contributed by atoms with Crippen LogP contribution in [0.25, 0.3) is 0 Å². The monoisotopic (exact) mass is 444 g/mol. The second-order valence-electron chi connectivity index (χ2n) is 9.60. The third-order valence-electron chi connectivity index (χ3n) is 6.43. The van der Waals surface area contributed by atoms with Crippen LogP contribution in [0.15, 0.2) is 24.3 Å². The van der Waals surface area contributed by atoms with Gasteiger partial charge in [0, 0.05) is 37.2 Å². The van der Waals surface area contributed by atoms with Crippen LogP contribution >= 0.6 is 0 Å². The van der Waals surface area contributed by atoms with Gasteiger partial charge in [-0.1, -0.05) is 38.2 Å².